The molecule has 0 aliphatic carbocycles. The van der Waals surface area contributed by atoms with Gasteiger partial charge >= 0.3 is 0 Å². The number of nitrogens with zero attached hydrogens (tertiary/aromatic N) is 5. The number of amides is 1. The summed E-state index contributed by atoms with van der Waals surface area (Å²) in [6.45, 7) is 3.55. The summed E-state index contributed by atoms with van der Waals surface area (Å²) in [4.78, 5) is 25.0. The molecule has 2 aliphatic rings. The van der Waals surface area contributed by atoms with Crippen molar-refractivity contribution in [3.8, 4) is 0 Å². The first-order chi connectivity index (χ1) is 12.3. The highest BCUT2D eigenvalue weighted by Gasteiger charge is 2.42. The normalized spacial score (nSPS) is 24.3. The van der Waals surface area contributed by atoms with Gasteiger partial charge in [0.15, 0.2) is 0 Å². The highest BCUT2D eigenvalue weighted by Crippen LogP contribution is 2.25. The van der Waals surface area contributed by atoms with Gasteiger partial charge in [-0.15, -0.1) is 0 Å². The number of aromatic nitrogens is 3. The summed E-state index contributed by atoms with van der Waals surface area (Å²) in [5, 5.41) is 3.61. The molecule has 2 aliphatic heterocycles. The monoisotopic (exact) mass is 345 g/mol. The van der Waals surface area contributed by atoms with Crippen LogP contribution in [0.3, 0.4) is 0 Å². The van der Waals surface area contributed by atoms with Crippen molar-refractivity contribution in [1.29, 1.82) is 0 Å². The largest absolute Gasteiger partial charge is 0.376 e. The Balaban J connectivity index is 1.53. The molecule has 0 unspecified atom stereocenters. The molecule has 1 atom stereocenters. The van der Waals surface area contributed by atoms with Crippen molar-refractivity contribution in [1.82, 2.24) is 20.0 Å². The average Bonchev–Trinajstić information content (AvgIpc) is 3.12. The Bertz CT molecular complexity index is 711. The van der Waals surface area contributed by atoms with E-state index in [0.29, 0.717) is 51.9 Å². The van der Waals surface area contributed by atoms with Crippen molar-refractivity contribution >= 4 is 11.9 Å². The molecule has 2 aromatic heterocycles. The molecule has 1 spiro atoms. The van der Waals surface area contributed by atoms with Crippen molar-refractivity contribution in [3.63, 3.8) is 0 Å². The first kappa shape index (κ1) is 16.0. The van der Waals surface area contributed by atoms with E-state index in [-0.39, 0.29) is 11.7 Å². The van der Waals surface area contributed by atoms with Crippen molar-refractivity contribution in [3.05, 3.63) is 36.5 Å². The molecule has 132 valence electrons. The minimum Gasteiger partial charge on any atom is -0.376 e. The van der Waals surface area contributed by atoms with E-state index in [9.17, 15) is 4.79 Å². The van der Waals surface area contributed by atoms with E-state index in [0.717, 1.165) is 0 Å². The van der Waals surface area contributed by atoms with Crippen LogP contribution in [0.5, 0.6) is 0 Å². The van der Waals surface area contributed by atoms with Gasteiger partial charge in [-0.2, -0.15) is 0 Å². The highest BCUT2D eigenvalue weighted by atomic mass is 16.5. The van der Waals surface area contributed by atoms with Gasteiger partial charge in [0.2, 0.25) is 11.7 Å². The highest BCUT2D eigenvalue weighted by molar-refractivity contribution is 5.91. The first-order valence-corrected chi connectivity index (χ1v) is 8.19. The van der Waals surface area contributed by atoms with E-state index in [1.165, 1.54) is 6.20 Å². The van der Waals surface area contributed by atoms with Crippen LogP contribution in [0.4, 0.5) is 5.95 Å². The van der Waals surface area contributed by atoms with Crippen LogP contribution in [0.15, 0.2) is 35.2 Å². The number of anilines is 1. The third kappa shape index (κ3) is 3.33. The predicted octanol–water partition coefficient (Wildman–Crippen LogP) is 0.213. The number of carbonyl (C=O) groups is 1. The second-order valence-corrected chi connectivity index (χ2v) is 6.16. The van der Waals surface area contributed by atoms with Crippen LogP contribution in [0.25, 0.3) is 0 Å². The van der Waals surface area contributed by atoms with Crippen LogP contribution in [0.2, 0.25) is 0 Å². The lowest BCUT2D eigenvalue weighted by Gasteiger charge is -2.42. The second-order valence-electron chi connectivity index (χ2n) is 6.16. The summed E-state index contributed by atoms with van der Waals surface area (Å²) in [6.07, 6.45) is 4.89. The molecule has 4 rings (SSSR count). The summed E-state index contributed by atoms with van der Waals surface area (Å²) < 4.78 is 16.8. The minimum absolute atomic E-state index is 0.188. The molecule has 25 heavy (non-hydrogen) atoms. The minimum atomic E-state index is -0.621. The van der Waals surface area contributed by atoms with Gasteiger partial charge in [0.05, 0.1) is 39.1 Å². The van der Waals surface area contributed by atoms with Crippen LogP contribution in [0, 0.1) is 0 Å². The van der Waals surface area contributed by atoms with Crippen LogP contribution in [0.1, 0.15) is 10.6 Å². The Kier molecular flexibility index (Phi) is 4.33. The summed E-state index contributed by atoms with van der Waals surface area (Å²) >= 11 is 0. The molecule has 2 saturated heterocycles. The fourth-order valence-electron chi connectivity index (χ4n) is 3.21. The Morgan fingerprint density at radius 1 is 1.12 bits per heavy atom. The molecule has 0 N–H and O–H groups in total. The fraction of sp³-hybridized carbons (Fsp3) is 0.500. The Hall–Kier alpha value is -2.52. The van der Waals surface area contributed by atoms with Crippen LogP contribution >= 0.6 is 0 Å². The number of hydrogen-bond donors (Lipinski definition) is 0. The smallest absolute Gasteiger partial charge is 0.292 e. The van der Waals surface area contributed by atoms with Crippen molar-refractivity contribution < 1.29 is 18.8 Å². The molecule has 0 radical (unpaired) electrons. The molecular formula is C16H19N5O4. The van der Waals surface area contributed by atoms with E-state index in [1.807, 2.05) is 4.90 Å². The first-order valence-electron chi connectivity index (χ1n) is 8.19. The average molecular weight is 345 g/mol. The van der Waals surface area contributed by atoms with Crippen molar-refractivity contribution in [2.24, 2.45) is 0 Å². The molecular weight excluding hydrogens is 326 g/mol. The number of rotatable bonds is 2. The van der Waals surface area contributed by atoms with Crippen molar-refractivity contribution in [2.75, 3.05) is 50.9 Å². The maximum Gasteiger partial charge on any atom is 0.292 e. The Morgan fingerprint density at radius 3 is 2.80 bits per heavy atom. The number of morpholine rings is 1. The summed E-state index contributed by atoms with van der Waals surface area (Å²) in [7, 11) is 0. The summed E-state index contributed by atoms with van der Waals surface area (Å²) in [6, 6.07) is 3.35. The standard InChI is InChI=1S/C16H19N5O4/c22-14(13-2-5-19-25-13)20-7-9-24-16(10-20)11-21(6-8-23-12-16)15-17-3-1-4-18-15/h1-5H,6-12H2/t16-/m1/s1. The van der Waals surface area contributed by atoms with E-state index in [4.69, 9.17) is 14.0 Å². The lowest BCUT2D eigenvalue weighted by molar-refractivity contribution is -0.124. The maximum absolute atomic E-state index is 12.6. The maximum atomic E-state index is 12.6. The summed E-state index contributed by atoms with van der Waals surface area (Å²) in [5.41, 5.74) is -0.621. The van der Waals surface area contributed by atoms with E-state index in [2.05, 4.69) is 15.1 Å². The lowest BCUT2D eigenvalue weighted by atomic mass is 10.0. The summed E-state index contributed by atoms with van der Waals surface area (Å²) in [5.74, 6) is 0.677. The van der Waals surface area contributed by atoms with Crippen molar-refractivity contribution in [2.45, 2.75) is 5.60 Å². The lowest BCUT2D eigenvalue weighted by Crippen LogP contribution is -2.60. The van der Waals surface area contributed by atoms with Gasteiger partial charge in [-0.1, -0.05) is 5.16 Å². The topological polar surface area (TPSA) is 93.8 Å². The number of carbonyl (C=O) groups excluding carboxylic acids is 1. The Morgan fingerprint density at radius 2 is 2.00 bits per heavy atom. The van der Waals surface area contributed by atoms with Gasteiger partial charge in [-0.3, -0.25) is 4.79 Å². The quantitative estimate of drug-likeness (QED) is 0.763. The number of hydrogen-bond acceptors (Lipinski definition) is 8. The molecule has 9 heteroatoms. The third-order valence-corrected chi connectivity index (χ3v) is 4.37. The molecule has 0 aromatic carbocycles. The SMILES string of the molecule is O=C(c1ccno1)N1CCO[C@]2(COCCN(c3ncccn3)C2)C1. The van der Waals surface area contributed by atoms with Crippen LogP contribution < -0.4 is 4.90 Å². The van der Waals surface area contributed by atoms with Gasteiger partial charge in [0.1, 0.15) is 5.60 Å². The number of ether oxygens (including phenoxy) is 2. The Labute approximate surface area is 144 Å². The van der Waals surface area contributed by atoms with Gasteiger partial charge < -0.3 is 23.8 Å². The van der Waals surface area contributed by atoms with Gasteiger partial charge in [-0.25, -0.2) is 9.97 Å². The molecule has 0 saturated carbocycles. The zero-order chi connectivity index (χ0) is 17.1. The van der Waals surface area contributed by atoms with E-state index >= 15 is 0 Å². The van der Waals surface area contributed by atoms with Gasteiger partial charge in [-0.05, 0) is 6.07 Å². The second kappa shape index (κ2) is 6.77. The van der Waals surface area contributed by atoms with Gasteiger partial charge in [0, 0.05) is 31.5 Å². The van der Waals surface area contributed by atoms with E-state index < -0.39 is 5.60 Å². The zero-order valence-electron chi connectivity index (χ0n) is 13.7. The van der Waals surface area contributed by atoms with Crippen LogP contribution in [-0.2, 0) is 9.47 Å². The third-order valence-electron chi connectivity index (χ3n) is 4.37. The predicted molar refractivity (Wildman–Crippen MR) is 86.2 cm³/mol. The van der Waals surface area contributed by atoms with E-state index in [1.54, 1.807) is 29.4 Å². The molecule has 9 nitrogen and oxygen atoms in total. The van der Waals surface area contributed by atoms with Crippen LogP contribution in [-0.4, -0.2) is 77.5 Å². The molecule has 1 amide bonds. The van der Waals surface area contributed by atoms with Gasteiger partial charge in [0.25, 0.3) is 5.91 Å². The molecule has 2 fully saturated rings. The zero-order valence-corrected chi connectivity index (χ0v) is 13.7. The molecule has 2 aromatic rings. The fourth-order valence-corrected chi connectivity index (χ4v) is 3.21. The molecule has 4 heterocycles. The molecule has 0 bridgehead atoms.